The highest BCUT2D eigenvalue weighted by Crippen LogP contribution is 2.16. The van der Waals surface area contributed by atoms with Crippen LogP contribution in [0.15, 0.2) is 0 Å². The fraction of sp³-hybridized carbons (Fsp3) is 0.833. The van der Waals surface area contributed by atoms with Crippen molar-refractivity contribution in [3.63, 3.8) is 0 Å². The summed E-state index contributed by atoms with van der Waals surface area (Å²) in [7, 11) is 1.30. The third-order valence-electron chi connectivity index (χ3n) is 2.16. The summed E-state index contributed by atoms with van der Waals surface area (Å²) in [6.07, 6.45) is 0.638. The lowest BCUT2D eigenvalue weighted by Crippen LogP contribution is -2.53. The van der Waals surface area contributed by atoms with Crippen LogP contribution in [0.4, 0.5) is 4.79 Å². The van der Waals surface area contributed by atoms with Crippen molar-refractivity contribution in [3.05, 3.63) is 0 Å². The predicted molar refractivity (Wildman–Crippen MR) is 64.7 cm³/mol. The van der Waals surface area contributed by atoms with Crippen LogP contribution in [0, 0.1) is 0 Å². The Hall–Kier alpha value is -1.26. The summed E-state index contributed by atoms with van der Waals surface area (Å²) in [6.45, 7) is 8.86. The van der Waals surface area contributed by atoms with Gasteiger partial charge in [0.15, 0.2) is 0 Å². The Labute approximate surface area is 103 Å². The first kappa shape index (κ1) is 15.7. The van der Waals surface area contributed by atoms with Crippen LogP contribution in [0.5, 0.6) is 0 Å². The highest BCUT2D eigenvalue weighted by Gasteiger charge is 2.36. The first-order chi connectivity index (χ1) is 7.64. The minimum Gasteiger partial charge on any atom is -0.467 e. The van der Waals surface area contributed by atoms with E-state index < -0.39 is 23.2 Å². The third-order valence-corrected chi connectivity index (χ3v) is 2.16. The molecule has 0 fully saturated rings. The van der Waals surface area contributed by atoms with Crippen molar-refractivity contribution in [2.75, 3.05) is 7.11 Å². The quantitative estimate of drug-likeness (QED) is 0.771. The van der Waals surface area contributed by atoms with Crippen molar-refractivity contribution in [1.29, 1.82) is 0 Å². The Kier molecular flexibility index (Phi) is 5.45. The summed E-state index contributed by atoms with van der Waals surface area (Å²) >= 11 is 0. The number of carbonyl (C=O) groups excluding carboxylic acids is 2. The number of nitrogens with one attached hydrogen (secondary N) is 1. The van der Waals surface area contributed by atoms with E-state index in [1.54, 1.807) is 27.7 Å². The molecule has 0 spiro atoms. The number of esters is 1. The standard InChI is InChI=1S/C12H23NO4/c1-7-8-12(5,9(14)16-6)13-10(15)17-11(2,3)4/h7-8H2,1-6H3,(H,13,15). The van der Waals surface area contributed by atoms with Crippen LogP contribution in [0.3, 0.4) is 0 Å². The zero-order chi connectivity index (χ0) is 13.7. The number of hydrogen-bond donors (Lipinski definition) is 1. The van der Waals surface area contributed by atoms with Crippen LogP contribution in [0.1, 0.15) is 47.5 Å². The maximum atomic E-state index is 11.6. The Morgan fingerprint density at radius 1 is 1.18 bits per heavy atom. The van der Waals surface area contributed by atoms with Gasteiger partial charge in [-0.2, -0.15) is 0 Å². The monoisotopic (exact) mass is 245 g/mol. The minimum atomic E-state index is -1.04. The van der Waals surface area contributed by atoms with Gasteiger partial charge in [0, 0.05) is 0 Å². The molecule has 0 heterocycles. The van der Waals surface area contributed by atoms with E-state index in [-0.39, 0.29) is 0 Å². The van der Waals surface area contributed by atoms with E-state index in [1.807, 2.05) is 6.92 Å². The molecule has 5 nitrogen and oxygen atoms in total. The van der Waals surface area contributed by atoms with E-state index in [4.69, 9.17) is 4.74 Å². The van der Waals surface area contributed by atoms with E-state index in [2.05, 4.69) is 10.1 Å². The average molecular weight is 245 g/mol. The van der Waals surface area contributed by atoms with Gasteiger partial charge in [0.1, 0.15) is 11.1 Å². The highest BCUT2D eigenvalue weighted by molar-refractivity contribution is 5.85. The molecule has 0 bridgehead atoms. The molecule has 17 heavy (non-hydrogen) atoms. The molecule has 0 rings (SSSR count). The van der Waals surface area contributed by atoms with Crippen LogP contribution >= 0.6 is 0 Å². The number of ether oxygens (including phenoxy) is 2. The summed E-state index contributed by atoms with van der Waals surface area (Å²) in [5, 5.41) is 2.57. The van der Waals surface area contributed by atoms with Gasteiger partial charge in [-0.1, -0.05) is 13.3 Å². The average Bonchev–Trinajstić information content (AvgIpc) is 2.13. The molecule has 0 saturated carbocycles. The Morgan fingerprint density at radius 2 is 1.71 bits per heavy atom. The van der Waals surface area contributed by atoms with Gasteiger partial charge < -0.3 is 14.8 Å². The molecule has 100 valence electrons. The molecule has 1 atom stereocenters. The highest BCUT2D eigenvalue weighted by atomic mass is 16.6. The van der Waals surface area contributed by atoms with Gasteiger partial charge in [0.05, 0.1) is 7.11 Å². The molecule has 1 unspecified atom stereocenters. The summed E-state index contributed by atoms with van der Waals surface area (Å²) in [6, 6.07) is 0. The zero-order valence-corrected chi connectivity index (χ0v) is 11.5. The van der Waals surface area contributed by atoms with Crippen molar-refractivity contribution >= 4 is 12.1 Å². The van der Waals surface area contributed by atoms with Gasteiger partial charge in [-0.3, -0.25) is 0 Å². The number of carbonyl (C=O) groups is 2. The third kappa shape index (κ3) is 5.56. The van der Waals surface area contributed by atoms with Gasteiger partial charge in [-0.15, -0.1) is 0 Å². The predicted octanol–water partition coefficient (Wildman–Crippen LogP) is 2.24. The van der Waals surface area contributed by atoms with Crippen molar-refractivity contribution < 1.29 is 19.1 Å². The van der Waals surface area contributed by atoms with Gasteiger partial charge in [0.25, 0.3) is 0 Å². The zero-order valence-electron chi connectivity index (χ0n) is 11.5. The van der Waals surface area contributed by atoms with Crippen LogP contribution in [0.2, 0.25) is 0 Å². The molecule has 1 amide bonds. The number of hydrogen-bond acceptors (Lipinski definition) is 4. The van der Waals surface area contributed by atoms with E-state index in [0.717, 1.165) is 6.42 Å². The molecule has 0 saturated heterocycles. The van der Waals surface area contributed by atoms with Crippen molar-refractivity contribution in [1.82, 2.24) is 5.32 Å². The van der Waals surface area contributed by atoms with E-state index >= 15 is 0 Å². The maximum Gasteiger partial charge on any atom is 0.408 e. The van der Waals surface area contributed by atoms with Gasteiger partial charge in [-0.05, 0) is 34.1 Å². The van der Waals surface area contributed by atoms with Gasteiger partial charge >= 0.3 is 12.1 Å². The van der Waals surface area contributed by atoms with E-state index in [0.29, 0.717) is 6.42 Å². The van der Waals surface area contributed by atoms with Gasteiger partial charge in [-0.25, -0.2) is 9.59 Å². The summed E-state index contributed by atoms with van der Waals surface area (Å²) in [5.41, 5.74) is -1.63. The smallest absolute Gasteiger partial charge is 0.408 e. The Bertz CT molecular complexity index is 283. The molecule has 0 aliphatic rings. The molecule has 0 aromatic heterocycles. The summed E-state index contributed by atoms with van der Waals surface area (Å²) < 4.78 is 9.81. The van der Waals surface area contributed by atoms with Crippen molar-refractivity contribution in [3.8, 4) is 0 Å². The second-order valence-electron chi connectivity index (χ2n) is 5.20. The number of amides is 1. The van der Waals surface area contributed by atoms with Crippen LogP contribution in [-0.4, -0.2) is 30.3 Å². The Morgan fingerprint density at radius 3 is 2.06 bits per heavy atom. The molecule has 0 aliphatic heterocycles. The van der Waals surface area contributed by atoms with Crippen LogP contribution in [-0.2, 0) is 14.3 Å². The molecule has 0 aliphatic carbocycles. The second-order valence-corrected chi connectivity index (χ2v) is 5.20. The Balaban J connectivity index is 4.66. The number of methoxy groups -OCH3 is 1. The molecule has 5 heteroatoms. The molecular weight excluding hydrogens is 222 g/mol. The molecule has 0 radical (unpaired) electrons. The summed E-state index contributed by atoms with van der Waals surface area (Å²) in [5.74, 6) is -0.467. The van der Waals surface area contributed by atoms with Crippen molar-refractivity contribution in [2.45, 2.75) is 58.6 Å². The lowest BCUT2D eigenvalue weighted by Gasteiger charge is -2.29. The van der Waals surface area contributed by atoms with E-state index in [9.17, 15) is 9.59 Å². The number of rotatable bonds is 4. The normalized spacial score (nSPS) is 14.7. The first-order valence-electron chi connectivity index (χ1n) is 5.74. The van der Waals surface area contributed by atoms with E-state index in [1.165, 1.54) is 7.11 Å². The fourth-order valence-corrected chi connectivity index (χ4v) is 1.47. The fourth-order valence-electron chi connectivity index (χ4n) is 1.47. The molecule has 0 aromatic rings. The largest absolute Gasteiger partial charge is 0.467 e. The lowest BCUT2D eigenvalue weighted by molar-refractivity contribution is -0.148. The van der Waals surface area contributed by atoms with Crippen LogP contribution in [0.25, 0.3) is 0 Å². The maximum absolute atomic E-state index is 11.6. The number of alkyl carbamates (subject to hydrolysis) is 1. The summed E-state index contributed by atoms with van der Waals surface area (Å²) in [4.78, 5) is 23.3. The van der Waals surface area contributed by atoms with Crippen LogP contribution < -0.4 is 5.32 Å². The van der Waals surface area contributed by atoms with Crippen molar-refractivity contribution in [2.24, 2.45) is 0 Å². The molecule has 1 N–H and O–H groups in total. The first-order valence-corrected chi connectivity index (χ1v) is 5.74. The second kappa shape index (κ2) is 5.89. The minimum absolute atomic E-state index is 0.467. The lowest BCUT2D eigenvalue weighted by atomic mass is 9.96. The molecular formula is C12H23NO4. The van der Waals surface area contributed by atoms with Gasteiger partial charge in [0.2, 0.25) is 0 Å². The SMILES string of the molecule is CCCC(C)(NC(=O)OC(C)(C)C)C(=O)OC. The topological polar surface area (TPSA) is 64.6 Å². The molecule has 0 aromatic carbocycles.